The van der Waals surface area contributed by atoms with Gasteiger partial charge in [0.1, 0.15) is 0 Å². The Morgan fingerprint density at radius 3 is 2.47 bits per heavy atom. The Labute approximate surface area is 105 Å². The topological polar surface area (TPSA) is 46.3 Å². The van der Waals surface area contributed by atoms with Crippen molar-refractivity contribution >= 4 is 5.91 Å². The molecule has 3 nitrogen and oxygen atoms in total. The van der Waals surface area contributed by atoms with Gasteiger partial charge in [0.05, 0.1) is 0 Å². The number of nitrogens with zero attached hydrogens (tertiary/aromatic N) is 1. The van der Waals surface area contributed by atoms with Crippen LogP contribution in [0, 0.1) is 17.8 Å². The van der Waals surface area contributed by atoms with Gasteiger partial charge in [0.25, 0.3) is 0 Å². The van der Waals surface area contributed by atoms with Crippen LogP contribution in [0.15, 0.2) is 0 Å². The van der Waals surface area contributed by atoms with Crippen LogP contribution >= 0.6 is 0 Å². The molecule has 17 heavy (non-hydrogen) atoms. The van der Waals surface area contributed by atoms with Gasteiger partial charge in [-0.1, -0.05) is 12.8 Å². The number of carbonyl (C=O) groups is 1. The summed E-state index contributed by atoms with van der Waals surface area (Å²) in [5.74, 6) is 1.82. The first-order valence-corrected chi connectivity index (χ1v) is 7.25. The monoisotopic (exact) mass is 238 g/mol. The fourth-order valence-electron chi connectivity index (χ4n) is 3.24. The lowest BCUT2D eigenvalue weighted by molar-refractivity contribution is -0.137. The average Bonchev–Trinajstić information content (AvgIpc) is 2.75. The Morgan fingerprint density at radius 1 is 1.24 bits per heavy atom. The maximum Gasteiger partial charge on any atom is 0.226 e. The van der Waals surface area contributed by atoms with Gasteiger partial charge in [0, 0.05) is 19.0 Å². The van der Waals surface area contributed by atoms with E-state index < -0.39 is 0 Å². The highest BCUT2D eigenvalue weighted by Crippen LogP contribution is 2.33. The van der Waals surface area contributed by atoms with E-state index in [0.29, 0.717) is 18.4 Å². The minimum atomic E-state index is 0.222. The van der Waals surface area contributed by atoms with E-state index in [2.05, 4.69) is 11.8 Å². The Morgan fingerprint density at radius 2 is 1.94 bits per heavy atom. The molecule has 0 aromatic carbocycles. The number of carbonyl (C=O) groups excluding carboxylic acids is 1. The van der Waals surface area contributed by atoms with Crippen LogP contribution in [-0.4, -0.2) is 30.4 Å². The molecule has 2 fully saturated rings. The number of hydrogen-bond acceptors (Lipinski definition) is 2. The zero-order chi connectivity index (χ0) is 12.3. The summed E-state index contributed by atoms with van der Waals surface area (Å²) in [5, 5.41) is 0. The van der Waals surface area contributed by atoms with E-state index in [0.717, 1.165) is 31.8 Å². The lowest BCUT2D eigenvalue weighted by Crippen LogP contribution is -2.42. The Balaban J connectivity index is 1.90. The summed E-state index contributed by atoms with van der Waals surface area (Å²) in [6.45, 7) is 4.63. The molecule has 2 unspecified atom stereocenters. The van der Waals surface area contributed by atoms with Crippen molar-refractivity contribution in [2.45, 2.75) is 45.4 Å². The van der Waals surface area contributed by atoms with Gasteiger partial charge in [-0.15, -0.1) is 0 Å². The van der Waals surface area contributed by atoms with Crippen molar-refractivity contribution in [2.75, 3.05) is 19.6 Å². The number of rotatable bonds is 5. The summed E-state index contributed by atoms with van der Waals surface area (Å²) >= 11 is 0. The first kappa shape index (κ1) is 12.9. The molecule has 98 valence electrons. The van der Waals surface area contributed by atoms with Crippen LogP contribution in [0.5, 0.6) is 0 Å². The van der Waals surface area contributed by atoms with E-state index in [4.69, 9.17) is 5.73 Å². The van der Waals surface area contributed by atoms with Gasteiger partial charge < -0.3 is 10.6 Å². The number of amides is 1. The van der Waals surface area contributed by atoms with Crippen LogP contribution in [-0.2, 0) is 4.79 Å². The molecule has 2 N–H and O–H groups in total. The predicted molar refractivity (Wildman–Crippen MR) is 69.5 cm³/mol. The molecule has 1 amide bonds. The van der Waals surface area contributed by atoms with Gasteiger partial charge in [0.15, 0.2) is 0 Å². The minimum absolute atomic E-state index is 0.222. The standard InChI is InChI=1S/C14H26N2O/c1-2-16(10-11-5-3-6-11)14(17)13-8-4-7-12(13)9-15/h11-13H,2-10,15H2,1H3. The van der Waals surface area contributed by atoms with Crippen LogP contribution in [0.25, 0.3) is 0 Å². The van der Waals surface area contributed by atoms with Crippen molar-refractivity contribution in [3.8, 4) is 0 Å². The summed E-state index contributed by atoms with van der Waals surface area (Å²) in [5.41, 5.74) is 5.77. The molecular weight excluding hydrogens is 212 g/mol. The van der Waals surface area contributed by atoms with Gasteiger partial charge >= 0.3 is 0 Å². The Hall–Kier alpha value is -0.570. The third kappa shape index (κ3) is 2.82. The second kappa shape index (κ2) is 5.85. The summed E-state index contributed by atoms with van der Waals surface area (Å²) in [7, 11) is 0. The third-order valence-electron chi connectivity index (χ3n) is 4.68. The third-order valence-corrected chi connectivity index (χ3v) is 4.68. The second-order valence-corrected chi connectivity index (χ2v) is 5.71. The molecule has 2 aliphatic carbocycles. The summed E-state index contributed by atoms with van der Waals surface area (Å²) < 4.78 is 0. The fraction of sp³-hybridized carbons (Fsp3) is 0.929. The molecular formula is C14H26N2O. The summed E-state index contributed by atoms with van der Waals surface area (Å²) in [4.78, 5) is 14.6. The number of nitrogens with two attached hydrogens (primary N) is 1. The highest BCUT2D eigenvalue weighted by Gasteiger charge is 2.35. The smallest absolute Gasteiger partial charge is 0.226 e. The first-order chi connectivity index (χ1) is 8.26. The SMILES string of the molecule is CCN(CC1CCC1)C(=O)C1CCCC1CN. The molecule has 2 atom stereocenters. The molecule has 0 radical (unpaired) electrons. The van der Waals surface area contributed by atoms with Crippen molar-refractivity contribution in [2.24, 2.45) is 23.5 Å². The van der Waals surface area contributed by atoms with Gasteiger partial charge in [0.2, 0.25) is 5.91 Å². The largest absolute Gasteiger partial charge is 0.342 e. The summed E-state index contributed by atoms with van der Waals surface area (Å²) in [6.07, 6.45) is 7.36. The fourth-order valence-corrected chi connectivity index (χ4v) is 3.24. The highest BCUT2D eigenvalue weighted by atomic mass is 16.2. The van der Waals surface area contributed by atoms with Crippen molar-refractivity contribution in [1.82, 2.24) is 4.90 Å². The van der Waals surface area contributed by atoms with Crippen LogP contribution in [0.1, 0.15) is 45.4 Å². The first-order valence-electron chi connectivity index (χ1n) is 7.25. The van der Waals surface area contributed by atoms with Crippen molar-refractivity contribution < 1.29 is 4.79 Å². The van der Waals surface area contributed by atoms with Crippen LogP contribution in [0.2, 0.25) is 0 Å². The van der Waals surface area contributed by atoms with Gasteiger partial charge in [-0.2, -0.15) is 0 Å². The molecule has 2 rings (SSSR count). The molecule has 0 spiro atoms. The molecule has 0 aromatic rings. The molecule has 3 heteroatoms. The van der Waals surface area contributed by atoms with Crippen LogP contribution in [0.3, 0.4) is 0 Å². The van der Waals surface area contributed by atoms with Gasteiger partial charge in [-0.05, 0) is 51.0 Å². The molecule has 0 aliphatic heterocycles. The van der Waals surface area contributed by atoms with Crippen molar-refractivity contribution in [1.29, 1.82) is 0 Å². The Bertz CT molecular complexity index is 263. The molecule has 0 saturated heterocycles. The van der Waals surface area contributed by atoms with Gasteiger partial charge in [-0.3, -0.25) is 4.79 Å². The van der Waals surface area contributed by atoms with E-state index in [-0.39, 0.29) is 5.92 Å². The Kier molecular flexibility index (Phi) is 4.43. The quantitative estimate of drug-likeness (QED) is 0.796. The molecule has 0 heterocycles. The lowest BCUT2D eigenvalue weighted by atomic mass is 9.84. The number of hydrogen-bond donors (Lipinski definition) is 1. The van der Waals surface area contributed by atoms with E-state index in [1.165, 1.54) is 25.7 Å². The van der Waals surface area contributed by atoms with Crippen molar-refractivity contribution in [3.63, 3.8) is 0 Å². The van der Waals surface area contributed by atoms with E-state index in [1.807, 2.05) is 0 Å². The van der Waals surface area contributed by atoms with Crippen LogP contribution in [0.4, 0.5) is 0 Å². The lowest BCUT2D eigenvalue weighted by Gasteiger charge is -2.34. The minimum Gasteiger partial charge on any atom is -0.342 e. The molecule has 0 bridgehead atoms. The predicted octanol–water partition coefficient (Wildman–Crippen LogP) is 2.01. The molecule has 2 aliphatic rings. The zero-order valence-electron chi connectivity index (χ0n) is 11.0. The maximum atomic E-state index is 12.5. The van der Waals surface area contributed by atoms with Crippen LogP contribution < -0.4 is 5.73 Å². The normalized spacial score (nSPS) is 29.1. The van der Waals surface area contributed by atoms with Gasteiger partial charge in [-0.25, -0.2) is 0 Å². The second-order valence-electron chi connectivity index (χ2n) is 5.71. The average molecular weight is 238 g/mol. The van der Waals surface area contributed by atoms with E-state index in [9.17, 15) is 4.79 Å². The highest BCUT2D eigenvalue weighted by molar-refractivity contribution is 5.79. The maximum absolute atomic E-state index is 12.5. The molecule has 2 saturated carbocycles. The van der Waals surface area contributed by atoms with E-state index in [1.54, 1.807) is 0 Å². The van der Waals surface area contributed by atoms with Crippen molar-refractivity contribution in [3.05, 3.63) is 0 Å². The molecule has 0 aromatic heterocycles. The van der Waals surface area contributed by atoms with E-state index >= 15 is 0 Å². The zero-order valence-corrected chi connectivity index (χ0v) is 11.0. The summed E-state index contributed by atoms with van der Waals surface area (Å²) in [6, 6.07) is 0.